The molecular formula is C20H20ClN3O3S. The highest BCUT2D eigenvalue weighted by atomic mass is 35.5. The molecule has 0 aliphatic carbocycles. The second-order valence-electron chi connectivity index (χ2n) is 6.14. The number of hydrogen-bond donors (Lipinski definition) is 3. The Labute approximate surface area is 173 Å². The van der Waals surface area contributed by atoms with Crippen LogP contribution in [0.1, 0.15) is 18.5 Å². The van der Waals surface area contributed by atoms with Crippen molar-refractivity contribution in [2.45, 2.75) is 13.0 Å². The molecule has 1 amide bonds. The summed E-state index contributed by atoms with van der Waals surface area (Å²) < 4.78 is 10.8. The number of carbonyl (C=O) groups excluding carboxylic acids is 1. The molecule has 0 bridgehead atoms. The smallest absolute Gasteiger partial charge is 0.255 e. The van der Waals surface area contributed by atoms with E-state index in [2.05, 4.69) is 16.0 Å². The van der Waals surface area contributed by atoms with E-state index in [0.717, 1.165) is 5.56 Å². The van der Waals surface area contributed by atoms with Gasteiger partial charge in [0.05, 0.1) is 25.8 Å². The van der Waals surface area contributed by atoms with Crippen LogP contribution in [0.3, 0.4) is 0 Å². The van der Waals surface area contributed by atoms with E-state index >= 15 is 0 Å². The fourth-order valence-electron chi connectivity index (χ4n) is 3.06. The number of amides is 1. The summed E-state index contributed by atoms with van der Waals surface area (Å²) in [5.74, 6) is 0.982. The minimum absolute atomic E-state index is 0.280. The Morgan fingerprint density at radius 2 is 1.96 bits per heavy atom. The molecule has 0 saturated heterocycles. The van der Waals surface area contributed by atoms with E-state index in [1.165, 1.54) is 0 Å². The number of benzene rings is 2. The Hall–Kier alpha value is -2.77. The highest BCUT2D eigenvalue weighted by molar-refractivity contribution is 7.80. The molecule has 1 aliphatic rings. The molecule has 8 heteroatoms. The lowest BCUT2D eigenvalue weighted by Gasteiger charge is -2.31. The van der Waals surface area contributed by atoms with Crippen LogP contribution in [0, 0.1) is 0 Å². The van der Waals surface area contributed by atoms with Gasteiger partial charge in [-0.2, -0.15) is 0 Å². The van der Waals surface area contributed by atoms with Crippen LogP contribution in [0.5, 0.6) is 11.5 Å². The molecule has 6 nitrogen and oxygen atoms in total. The summed E-state index contributed by atoms with van der Waals surface area (Å²) in [7, 11) is 3.16. The van der Waals surface area contributed by atoms with E-state index in [4.69, 9.17) is 33.3 Å². The van der Waals surface area contributed by atoms with Gasteiger partial charge in [-0.1, -0.05) is 17.7 Å². The molecule has 2 aromatic rings. The van der Waals surface area contributed by atoms with Crippen molar-refractivity contribution in [1.29, 1.82) is 0 Å². The normalized spacial score (nSPS) is 16.1. The summed E-state index contributed by atoms with van der Waals surface area (Å²) in [6.07, 6.45) is 0. The molecule has 0 aromatic heterocycles. The van der Waals surface area contributed by atoms with Crippen molar-refractivity contribution in [1.82, 2.24) is 10.6 Å². The van der Waals surface area contributed by atoms with Crippen molar-refractivity contribution in [2.75, 3.05) is 19.5 Å². The first-order valence-corrected chi connectivity index (χ1v) is 9.28. The molecule has 1 heterocycles. The predicted molar refractivity (Wildman–Crippen MR) is 114 cm³/mol. The van der Waals surface area contributed by atoms with Gasteiger partial charge < -0.3 is 25.4 Å². The minimum atomic E-state index is -0.516. The second-order valence-corrected chi connectivity index (χ2v) is 6.99. The van der Waals surface area contributed by atoms with Gasteiger partial charge in [0.25, 0.3) is 5.91 Å². The van der Waals surface area contributed by atoms with Crippen LogP contribution in [0.4, 0.5) is 5.69 Å². The number of carbonyl (C=O) groups is 1. The number of rotatable bonds is 5. The number of nitrogens with one attached hydrogen (secondary N) is 3. The van der Waals surface area contributed by atoms with Crippen LogP contribution in [-0.2, 0) is 4.79 Å². The zero-order valence-corrected chi connectivity index (χ0v) is 17.2. The average molecular weight is 418 g/mol. The lowest BCUT2D eigenvalue weighted by molar-refractivity contribution is -0.113. The molecular weight excluding hydrogens is 398 g/mol. The van der Waals surface area contributed by atoms with Crippen LogP contribution in [0.25, 0.3) is 0 Å². The summed E-state index contributed by atoms with van der Waals surface area (Å²) in [6, 6.07) is 11.9. The Kier molecular flexibility index (Phi) is 6.06. The van der Waals surface area contributed by atoms with Crippen LogP contribution in [0.15, 0.2) is 53.7 Å². The number of anilines is 1. The fraction of sp³-hybridized carbons (Fsp3) is 0.200. The third-order valence-electron chi connectivity index (χ3n) is 4.34. The topological polar surface area (TPSA) is 71.6 Å². The molecule has 1 aliphatic heterocycles. The summed E-state index contributed by atoms with van der Waals surface area (Å²) in [6.45, 7) is 1.81. The number of ether oxygens (including phenoxy) is 2. The maximum Gasteiger partial charge on any atom is 0.255 e. The van der Waals surface area contributed by atoms with Crippen molar-refractivity contribution < 1.29 is 14.3 Å². The number of hydrogen-bond acceptors (Lipinski definition) is 4. The standard InChI is InChI=1S/C20H20ClN3O3S/c1-11-17(19(25)23-13-6-4-5-12(21)9-13)18(24-20(28)22-11)15-10-14(26-2)7-8-16(15)27-3/h4-10,18H,1-3H3,(H,23,25)(H2,22,24,28)/t18-/m0/s1. The van der Waals surface area contributed by atoms with Gasteiger partial charge in [-0.05, 0) is 55.5 Å². The van der Waals surface area contributed by atoms with Crippen molar-refractivity contribution >= 4 is 40.5 Å². The Balaban J connectivity index is 2.03. The maximum atomic E-state index is 13.1. The van der Waals surface area contributed by atoms with E-state index in [1.807, 2.05) is 6.07 Å². The predicted octanol–water partition coefficient (Wildman–Crippen LogP) is 3.79. The summed E-state index contributed by atoms with van der Waals surface area (Å²) in [5.41, 5.74) is 2.47. The zero-order chi connectivity index (χ0) is 20.3. The first kappa shape index (κ1) is 20.0. The van der Waals surface area contributed by atoms with Gasteiger partial charge >= 0.3 is 0 Å². The zero-order valence-electron chi connectivity index (χ0n) is 15.6. The monoisotopic (exact) mass is 417 g/mol. The Morgan fingerprint density at radius 1 is 1.18 bits per heavy atom. The van der Waals surface area contributed by atoms with Crippen molar-refractivity contribution in [2.24, 2.45) is 0 Å². The van der Waals surface area contributed by atoms with E-state index in [0.29, 0.717) is 38.6 Å². The number of halogens is 1. The largest absolute Gasteiger partial charge is 0.497 e. The van der Waals surface area contributed by atoms with Gasteiger partial charge in [-0.15, -0.1) is 0 Å². The summed E-state index contributed by atoms with van der Waals surface area (Å²) in [4.78, 5) is 13.1. The van der Waals surface area contributed by atoms with E-state index in [-0.39, 0.29) is 5.91 Å². The van der Waals surface area contributed by atoms with Gasteiger partial charge in [0.2, 0.25) is 0 Å². The third-order valence-corrected chi connectivity index (χ3v) is 4.80. The number of thiocarbonyl (C=S) groups is 1. The van der Waals surface area contributed by atoms with Gasteiger partial charge in [0.15, 0.2) is 5.11 Å². The molecule has 0 radical (unpaired) electrons. The molecule has 2 aromatic carbocycles. The van der Waals surface area contributed by atoms with E-state index in [9.17, 15) is 4.79 Å². The lowest BCUT2D eigenvalue weighted by atomic mass is 9.94. The van der Waals surface area contributed by atoms with Gasteiger partial charge in [-0.25, -0.2) is 0 Å². The molecule has 0 fully saturated rings. The third kappa shape index (κ3) is 4.21. The SMILES string of the molecule is COc1ccc(OC)c([C@@H]2NC(=S)NC(C)=C2C(=O)Nc2cccc(Cl)c2)c1. The van der Waals surface area contributed by atoms with Crippen LogP contribution in [0.2, 0.25) is 5.02 Å². The van der Waals surface area contributed by atoms with Gasteiger partial charge in [-0.3, -0.25) is 4.79 Å². The molecule has 146 valence electrons. The molecule has 0 saturated carbocycles. The molecule has 1 atom stereocenters. The summed E-state index contributed by atoms with van der Waals surface area (Å²) >= 11 is 11.3. The first-order valence-electron chi connectivity index (χ1n) is 8.50. The molecule has 0 spiro atoms. The first-order chi connectivity index (χ1) is 13.4. The van der Waals surface area contributed by atoms with Crippen molar-refractivity contribution in [3.8, 4) is 11.5 Å². The number of methoxy groups -OCH3 is 2. The second kappa shape index (κ2) is 8.50. The van der Waals surface area contributed by atoms with Crippen molar-refractivity contribution in [3.05, 3.63) is 64.3 Å². The molecule has 28 heavy (non-hydrogen) atoms. The van der Waals surface area contributed by atoms with Crippen molar-refractivity contribution in [3.63, 3.8) is 0 Å². The fourth-order valence-corrected chi connectivity index (χ4v) is 3.52. The quantitative estimate of drug-likeness (QED) is 0.643. The van der Waals surface area contributed by atoms with E-state index in [1.54, 1.807) is 57.5 Å². The van der Waals surface area contributed by atoms with Gasteiger partial charge in [0.1, 0.15) is 11.5 Å². The highest BCUT2D eigenvalue weighted by Crippen LogP contribution is 2.36. The van der Waals surface area contributed by atoms with E-state index < -0.39 is 6.04 Å². The Morgan fingerprint density at radius 3 is 2.64 bits per heavy atom. The van der Waals surface area contributed by atoms with Crippen LogP contribution >= 0.6 is 23.8 Å². The Bertz CT molecular complexity index is 961. The highest BCUT2D eigenvalue weighted by Gasteiger charge is 2.32. The van der Waals surface area contributed by atoms with Crippen LogP contribution in [-0.4, -0.2) is 25.2 Å². The molecule has 3 N–H and O–H groups in total. The summed E-state index contributed by atoms with van der Waals surface area (Å²) in [5, 5.41) is 10.0. The number of allylic oxidation sites excluding steroid dienone is 1. The molecule has 0 unspecified atom stereocenters. The van der Waals surface area contributed by atoms with Crippen LogP contribution < -0.4 is 25.4 Å². The minimum Gasteiger partial charge on any atom is -0.497 e. The maximum absolute atomic E-state index is 13.1. The average Bonchev–Trinajstić information content (AvgIpc) is 2.66. The molecule has 3 rings (SSSR count). The van der Waals surface area contributed by atoms with Gasteiger partial charge in [0, 0.05) is 22.0 Å². The lowest BCUT2D eigenvalue weighted by Crippen LogP contribution is -2.45.